The molecule has 0 bridgehead atoms. The molecule has 1 heterocycles. The van der Waals surface area contributed by atoms with Gasteiger partial charge in [-0.3, -0.25) is 4.79 Å². The van der Waals surface area contributed by atoms with Crippen LogP contribution in [0.3, 0.4) is 0 Å². The van der Waals surface area contributed by atoms with E-state index >= 15 is 0 Å². The average Bonchev–Trinajstić information content (AvgIpc) is 2.61. The van der Waals surface area contributed by atoms with Crippen LogP contribution in [0, 0.1) is 12.7 Å². The molecule has 0 unspecified atom stereocenters. The van der Waals surface area contributed by atoms with Crippen LogP contribution >= 0.6 is 11.6 Å². The Hall–Kier alpha value is -2.92. The summed E-state index contributed by atoms with van der Waals surface area (Å²) >= 11 is 5.95. The third kappa shape index (κ3) is 4.14. The minimum Gasteiger partial charge on any atom is -0.338 e. The maximum atomic E-state index is 13.6. The standard InChI is InChI=1S/C19H15ClFN3O/c1-12-6-8-14(20)10-17(12)24-19(25)13-7-9-18(22-11-13)23-16-5-3-2-4-15(16)21/h2-11H,1H3,(H,22,23)(H,24,25). The number of benzene rings is 2. The number of carbonyl (C=O) groups is 1. The number of para-hydroxylation sites is 1. The molecule has 3 rings (SSSR count). The van der Waals surface area contributed by atoms with Crippen molar-refractivity contribution in [1.29, 1.82) is 0 Å². The average molecular weight is 356 g/mol. The van der Waals surface area contributed by atoms with Gasteiger partial charge in [-0.25, -0.2) is 9.37 Å². The SMILES string of the molecule is Cc1ccc(Cl)cc1NC(=O)c1ccc(Nc2ccccc2F)nc1. The van der Waals surface area contributed by atoms with Crippen LogP contribution in [-0.2, 0) is 0 Å². The van der Waals surface area contributed by atoms with Crippen molar-refractivity contribution >= 4 is 34.7 Å². The summed E-state index contributed by atoms with van der Waals surface area (Å²) in [4.78, 5) is 16.5. The third-order valence-electron chi connectivity index (χ3n) is 3.61. The van der Waals surface area contributed by atoms with E-state index in [0.29, 0.717) is 27.8 Å². The number of nitrogens with one attached hydrogen (secondary N) is 2. The van der Waals surface area contributed by atoms with Crippen molar-refractivity contribution in [3.8, 4) is 0 Å². The molecular weight excluding hydrogens is 341 g/mol. The monoisotopic (exact) mass is 355 g/mol. The van der Waals surface area contributed by atoms with Gasteiger partial charge in [0.1, 0.15) is 11.6 Å². The highest BCUT2D eigenvalue weighted by Crippen LogP contribution is 2.21. The second-order valence-electron chi connectivity index (χ2n) is 5.45. The van der Waals surface area contributed by atoms with Gasteiger partial charge in [0.2, 0.25) is 0 Å². The van der Waals surface area contributed by atoms with Crippen LogP contribution in [-0.4, -0.2) is 10.9 Å². The van der Waals surface area contributed by atoms with E-state index in [-0.39, 0.29) is 11.7 Å². The lowest BCUT2D eigenvalue weighted by atomic mass is 10.2. The number of rotatable bonds is 4. The maximum absolute atomic E-state index is 13.6. The molecule has 0 fully saturated rings. The molecule has 6 heteroatoms. The molecule has 3 aromatic rings. The molecule has 0 aliphatic rings. The summed E-state index contributed by atoms with van der Waals surface area (Å²) in [5.74, 6) is -0.224. The van der Waals surface area contributed by atoms with E-state index in [1.165, 1.54) is 12.3 Å². The zero-order valence-corrected chi connectivity index (χ0v) is 14.1. The molecule has 0 radical (unpaired) electrons. The number of hydrogen-bond donors (Lipinski definition) is 2. The van der Waals surface area contributed by atoms with E-state index in [2.05, 4.69) is 15.6 Å². The van der Waals surface area contributed by atoms with E-state index in [0.717, 1.165) is 5.56 Å². The first kappa shape index (κ1) is 16.9. The van der Waals surface area contributed by atoms with Crippen molar-refractivity contribution in [3.05, 3.63) is 82.8 Å². The smallest absolute Gasteiger partial charge is 0.257 e. The van der Waals surface area contributed by atoms with Crippen molar-refractivity contribution in [2.24, 2.45) is 0 Å². The molecule has 1 aromatic heterocycles. The van der Waals surface area contributed by atoms with E-state index in [1.54, 1.807) is 42.5 Å². The molecule has 25 heavy (non-hydrogen) atoms. The number of aromatic nitrogens is 1. The van der Waals surface area contributed by atoms with Gasteiger partial charge in [-0.15, -0.1) is 0 Å². The summed E-state index contributed by atoms with van der Waals surface area (Å²) in [6.45, 7) is 1.88. The highest BCUT2D eigenvalue weighted by Gasteiger charge is 2.09. The van der Waals surface area contributed by atoms with Gasteiger partial charge < -0.3 is 10.6 Å². The van der Waals surface area contributed by atoms with Gasteiger partial charge in [-0.1, -0.05) is 29.8 Å². The largest absolute Gasteiger partial charge is 0.338 e. The summed E-state index contributed by atoms with van der Waals surface area (Å²) in [6.07, 6.45) is 1.43. The first-order valence-corrected chi connectivity index (χ1v) is 7.96. The zero-order valence-electron chi connectivity index (χ0n) is 13.4. The fourth-order valence-corrected chi connectivity index (χ4v) is 2.40. The van der Waals surface area contributed by atoms with Crippen LogP contribution in [0.2, 0.25) is 5.02 Å². The van der Waals surface area contributed by atoms with Crippen LogP contribution in [0.25, 0.3) is 0 Å². The van der Waals surface area contributed by atoms with Gasteiger partial charge in [0.05, 0.1) is 11.3 Å². The molecule has 1 amide bonds. The molecule has 0 saturated heterocycles. The quantitative estimate of drug-likeness (QED) is 0.678. The predicted octanol–water partition coefficient (Wildman–Crippen LogP) is 5.18. The summed E-state index contributed by atoms with van der Waals surface area (Å²) in [5, 5.41) is 6.22. The van der Waals surface area contributed by atoms with Crippen LogP contribution in [0.1, 0.15) is 15.9 Å². The number of pyridine rings is 1. The Morgan fingerprint density at radius 2 is 1.88 bits per heavy atom. The van der Waals surface area contributed by atoms with Gasteiger partial charge in [0, 0.05) is 16.9 Å². The Labute approximate surface area is 149 Å². The summed E-state index contributed by atoms with van der Waals surface area (Å²) in [5.41, 5.74) is 2.26. The Morgan fingerprint density at radius 3 is 2.60 bits per heavy atom. The van der Waals surface area contributed by atoms with Gasteiger partial charge in [0.25, 0.3) is 5.91 Å². The van der Waals surface area contributed by atoms with Crippen LogP contribution in [0.4, 0.5) is 21.6 Å². The fourth-order valence-electron chi connectivity index (χ4n) is 2.23. The molecule has 2 aromatic carbocycles. The van der Waals surface area contributed by atoms with Gasteiger partial charge >= 0.3 is 0 Å². The molecule has 0 aliphatic carbocycles. The normalized spacial score (nSPS) is 10.4. The number of anilines is 3. The molecule has 0 atom stereocenters. The molecule has 0 spiro atoms. The fraction of sp³-hybridized carbons (Fsp3) is 0.0526. The maximum Gasteiger partial charge on any atom is 0.257 e. The highest BCUT2D eigenvalue weighted by atomic mass is 35.5. The summed E-state index contributed by atoms with van der Waals surface area (Å²) in [7, 11) is 0. The first-order chi connectivity index (χ1) is 12.0. The number of hydrogen-bond acceptors (Lipinski definition) is 3. The van der Waals surface area contributed by atoms with Crippen molar-refractivity contribution < 1.29 is 9.18 Å². The highest BCUT2D eigenvalue weighted by molar-refractivity contribution is 6.31. The number of aryl methyl sites for hydroxylation is 1. The van der Waals surface area contributed by atoms with E-state index in [9.17, 15) is 9.18 Å². The van der Waals surface area contributed by atoms with Gasteiger partial charge in [-0.2, -0.15) is 0 Å². The number of amides is 1. The molecule has 0 saturated carbocycles. The number of carbonyl (C=O) groups excluding carboxylic acids is 1. The number of nitrogens with zero attached hydrogens (tertiary/aromatic N) is 1. The van der Waals surface area contributed by atoms with E-state index in [1.807, 2.05) is 13.0 Å². The van der Waals surface area contributed by atoms with Gasteiger partial charge in [-0.05, 0) is 48.9 Å². The Morgan fingerprint density at radius 1 is 1.08 bits per heavy atom. The van der Waals surface area contributed by atoms with Gasteiger partial charge in [0.15, 0.2) is 0 Å². The second-order valence-corrected chi connectivity index (χ2v) is 5.89. The first-order valence-electron chi connectivity index (χ1n) is 7.58. The molecule has 126 valence electrons. The molecule has 2 N–H and O–H groups in total. The Balaban J connectivity index is 1.72. The summed E-state index contributed by atoms with van der Waals surface area (Å²) in [6, 6.07) is 14.8. The Kier molecular flexibility index (Phi) is 4.95. The zero-order chi connectivity index (χ0) is 17.8. The lowest BCUT2D eigenvalue weighted by Gasteiger charge is -2.10. The van der Waals surface area contributed by atoms with Crippen LogP contribution in [0.15, 0.2) is 60.8 Å². The van der Waals surface area contributed by atoms with E-state index < -0.39 is 0 Å². The minimum atomic E-state index is -0.373. The summed E-state index contributed by atoms with van der Waals surface area (Å²) < 4.78 is 13.6. The number of halogens is 2. The second kappa shape index (κ2) is 7.32. The Bertz CT molecular complexity index is 913. The van der Waals surface area contributed by atoms with Crippen molar-refractivity contribution in [3.63, 3.8) is 0 Å². The van der Waals surface area contributed by atoms with Crippen molar-refractivity contribution in [2.75, 3.05) is 10.6 Å². The lowest BCUT2D eigenvalue weighted by Crippen LogP contribution is -2.13. The third-order valence-corrected chi connectivity index (χ3v) is 3.85. The topological polar surface area (TPSA) is 54.0 Å². The van der Waals surface area contributed by atoms with E-state index in [4.69, 9.17) is 11.6 Å². The minimum absolute atomic E-state index is 0.296. The molecule has 4 nitrogen and oxygen atoms in total. The van der Waals surface area contributed by atoms with Crippen LogP contribution in [0.5, 0.6) is 0 Å². The van der Waals surface area contributed by atoms with Crippen LogP contribution < -0.4 is 10.6 Å². The lowest BCUT2D eigenvalue weighted by molar-refractivity contribution is 0.102. The predicted molar refractivity (Wildman–Crippen MR) is 98.1 cm³/mol. The molecule has 0 aliphatic heterocycles. The molecular formula is C19H15ClFN3O. The van der Waals surface area contributed by atoms with Crippen molar-refractivity contribution in [2.45, 2.75) is 6.92 Å². The van der Waals surface area contributed by atoms with Crippen molar-refractivity contribution in [1.82, 2.24) is 4.98 Å².